The van der Waals surface area contributed by atoms with Gasteiger partial charge in [-0.25, -0.2) is 0 Å². The molecule has 0 saturated heterocycles. The highest BCUT2D eigenvalue weighted by atomic mass is 16.5. The second-order valence-corrected chi connectivity index (χ2v) is 10.2. The molecule has 0 N–H and O–H groups in total. The molecule has 0 aliphatic rings. The van der Waals surface area contributed by atoms with E-state index in [4.69, 9.17) is 9.47 Å². The first-order chi connectivity index (χ1) is 17.5. The molecule has 0 bridgehead atoms. The fraction of sp³-hybridized carbons (Fsp3) is 0.933. The molecule has 6 nitrogen and oxygen atoms in total. The highest BCUT2D eigenvalue weighted by Gasteiger charge is 2.38. The predicted octanol–water partition coefficient (Wildman–Crippen LogP) is 6.99. The minimum absolute atomic E-state index is 0.109. The summed E-state index contributed by atoms with van der Waals surface area (Å²) < 4.78 is 11.4. The van der Waals surface area contributed by atoms with Gasteiger partial charge in [0.2, 0.25) is 0 Å². The van der Waals surface area contributed by atoms with Gasteiger partial charge in [-0.15, -0.1) is 0 Å². The van der Waals surface area contributed by atoms with E-state index in [-0.39, 0.29) is 11.8 Å². The molecular formula is C30H60N2O4. The van der Waals surface area contributed by atoms with Gasteiger partial charge in [-0.2, -0.15) is 0 Å². The van der Waals surface area contributed by atoms with Crippen molar-refractivity contribution in [2.75, 3.05) is 40.4 Å². The molecule has 2 atom stereocenters. The van der Waals surface area contributed by atoms with E-state index < -0.39 is 12.2 Å². The molecule has 0 fully saturated rings. The van der Waals surface area contributed by atoms with Crippen molar-refractivity contribution in [2.45, 2.75) is 143 Å². The fourth-order valence-corrected chi connectivity index (χ4v) is 4.65. The molecule has 0 rings (SSSR count). The summed E-state index contributed by atoms with van der Waals surface area (Å²) in [4.78, 5) is 31.2. The molecular weight excluding hydrogens is 452 g/mol. The van der Waals surface area contributed by atoms with Crippen LogP contribution in [0.15, 0.2) is 0 Å². The summed E-state index contributed by atoms with van der Waals surface area (Å²) in [5.74, 6) is -0.217. The van der Waals surface area contributed by atoms with Crippen LogP contribution < -0.4 is 0 Å². The van der Waals surface area contributed by atoms with Crippen LogP contribution in [0.5, 0.6) is 0 Å². The van der Waals surface area contributed by atoms with E-state index in [1.54, 1.807) is 0 Å². The first kappa shape index (κ1) is 34.9. The SMILES string of the molecule is CCCCCCN(CCCCCC)C(=O)[C@H](OC)[C@@H](OC)C(=O)N(CCCCCC)CCCCCC. The number of carbonyl (C=O) groups is 2. The van der Waals surface area contributed by atoms with Crippen molar-refractivity contribution in [3.8, 4) is 0 Å². The summed E-state index contributed by atoms with van der Waals surface area (Å²) >= 11 is 0. The maximum Gasteiger partial charge on any atom is 0.254 e. The molecule has 0 heterocycles. The third-order valence-electron chi connectivity index (χ3n) is 7.02. The van der Waals surface area contributed by atoms with Crippen LogP contribution in [0.3, 0.4) is 0 Å². The summed E-state index contributed by atoms with van der Waals surface area (Å²) in [5, 5.41) is 0. The van der Waals surface area contributed by atoms with Gasteiger partial charge in [-0.3, -0.25) is 9.59 Å². The van der Waals surface area contributed by atoms with Gasteiger partial charge in [0.25, 0.3) is 11.8 Å². The molecule has 0 aliphatic heterocycles. The Kier molecular flexibility index (Phi) is 23.4. The maximum atomic E-state index is 13.7. The van der Waals surface area contributed by atoms with Gasteiger partial charge in [0.1, 0.15) is 0 Å². The van der Waals surface area contributed by atoms with Gasteiger partial charge in [-0.1, -0.05) is 105 Å². The lowest BCUT2D eigenvalue weighted by molar-refractivity contribution is -0.163. The van der Waals surface area contributed by atoms with Crippen molar-refractivity contribution in [2.24, 2.45) is 0 Å². The van der Waals surface area contributed by atoms with Crippen molar-refractivity contribution >= 4 is 11.8 Å². The number of rotatable bonds is 25. The molecule has 0 aromatic carbocycles. The van der Waals surface area contributed by atoms with Crippen LogP contribution in [-0.4, -0.2) is 74.2 Å². The minimum atomic E-state index is -0.909. The lowest BCUT2D eigenvalue weighted by atomic mass is 10.1. The minimum Gasteiger partial charge on any atom is -0.368 e. The first-order valence-electron chi connectivity index (χ1n) is 15.1. The van der Waals surface area contributed by atoms with Gasteiger partial charge < -0.3 is 19.3 Å². The Balaban J connectivity index is 5.46. The lowest BCUT2D eigenvalue weighted by Gasteiger charge is -2.33. The average molecular weight is 513 g/mol. The molecule has 0 saturated carbocycles. The monoisotopic (exact) mass is 512 g/mol. The summed E-state index contributed by atoms with van der Waals surface area (Å²) in [6.07, 6.45) is 15.9. The Bertz CT molecular complexity index is 459. The van der Waals surface area contributed by atoms with Crippen LogP contribution >= 0.6 is 0 Å². The zero-order chi connectivity index (χ0) is 27.0. The zero-order valence-electron chi connectivity index (χ0n) is 24.8. The Morgan fingerprint density at radius 2 is 0.722 bits per heavy atom. The van der Waals surface area contributed by atoms with Crippen molar-refractivity contribution in [1.29, 1.82) is 0 Å². The van der Waals surface area contributed by atoms with E-state index in [2.05, 4.69) is 27.7 Å². The number of unbranched alkanes of at least 4 members (excludes halogenated alkanes) is 12. The zero-order valence-corrected chi connectivity index (χ0v) is 24.8. The van der Waals surface area contributed by atoms with Crippen molar-refractivity contribution in [3.63, 3.8) is 0 Å². The van der Waals surface area contributed by atoms with E-state index in [9.17, 15) is 9.59 Å². The number of hydrogen-bond donors (Lipinski definition) is 0. The topological polar surface area (TPSA) is 59.1 Å². The van der Waals surface area contributed by atoms with E-state index in [0.29, 0.717) is 26.2 Å². The fourth-order valence-electron chi connectivity index (χ4n) is 4.65. The number of nitrogens with zero attached hydrogens (tertiary/aromatic N) is 2. The van der Waals surface area contributed by atoms with Crippen LogP contribution in [0.4, 0.5) is 0 Å². The molecule has 0 aromatic heterocycles. The van der Waals surface area contributed by atoms with Gasteiger partial charge in [0, 0.05) is 40.4 Å². The predicted molar refractivity (Wildman–Crippen MR) is 151 cm³/mol. The molecule has 0 unspecified atom stereocenters. The molecule has 0 radical (unpaired) electrons. The van der Waals surface area contributed by atoms with Gasteiger partial charge in [-0.05, 0) is 25.7 Å². The Morgan fingerprint density at radius 3 is 0.917 bits per heavy atom. The third-order valence-corrected chi connectivity index (χ3v) is 7.02. The van der Waals surface area contributed by atoms with E-state index in [1.807, 2.05) is 9.80 Å². The van der Waals surface area contributed by atoms with Gasteiger partial charge >= 0.3 is 0 Å². The van der Waals surface area contributed by atoms with Crippen LogP contribution in [0, 0.1) is 0 Å². The van der Waals surface area contributed by atoms with Crippen LogP contribution in [0.2, 0.25) is 0 Å². The van der Waals surface area contributed by atoms with E-state index in [1.165, 1.54) is 39.9 Å². The molecule has 36 heavy (non-hydrogen) atoms. The normalized spacial score (nSPS) is 12.9. The van der Waals surface area contributed by atoms with Crippen LogP contribution in [-0.2, 0) is 19.1 Å². The number of amides is 2. The Morgan fingerprint density at radius 1 is 0.472 bits per heavy atom. The highest BCUT2D eigenvalue weighted by Crippen LogP contribution is 2.16. The van der Waals surface area contributed by atoms with Crippen molar-refractivity contribution in [3.05, 3.63) is 0 Å². The largest absolute Gasteiger partial charge is 0.368 e. The summed E-state index contributed by atoms with van der Waals surface area (Å²) in [6, 6.07) is 0. The molecule has 0 aromatic rings. The number of ether oxygens (including phenoxy) is 2. The molecule has 6 heteroatoms. The Labute approximate surface area is 223 Å². The second-order valence-electron chi connectivity index (χ2n) is 10.2. The highest BCUT2D eigenvalue weighted by molar-refractivity contribution is 5.91. The van der Waals surface area contributed by atoms with Crippen molar-refractivity contribution < 1.29 is 19.1 Å². The lowest BCUT2D eigenvalue weighted by Crippen LogP contribution is -2.54. The summed E-state index contributed by atoms with van der Waals surface area (Å²) in [7, 11) is 3.06. The molecule has 0 aliphatic carbocycles. The number of methoxy groups -OCH3 is 2. The molecule has 214 valence electrons. The van der Waals surface area contributed by atoms with Crippen molar-refractivity contribution in [1.82, 2.24) is 9.80 Å². The maximum absolute atomic E-state index is 13.7. The van der Waals surface area contributed by atoms with E-state index >= 15 is 0 Å². The molecule has 2 amide bonds. The van der Waals surface area contributed by atoms with E-state index in [0.717, 1.165) is 77.0 Å². The Hall–Kier alpha value is -1.14. The average Bonchev–Trinajstić information content (AvgIpc) is 2.89. The number of hydrogen-bond acceptors (Lipinski definition) is 4. The van der Waals surface area contributed by atoms with Gasteiger partial charge in [0.05, 0.1) is 0 Å². The quantitative estimate of drug-likeness (QED) is 0.124. The van der Waals surface area contributed by atoms with Crippen LogP contribution in [0.1, 0.15) is 130 Å². The van der Waals surface area contributed by atoms with Gasteiger partial charge in [0.15, 0.2) is 12.2 Å². The smallest absolute Gasteiger partial charge is 0.254 e. The third kappa shape index (κ3) is 15.2. The summed E-state index contributed by atoms with van der Waals surface area (Å²) in [6.45, 7) is 11.6. The second kappa shape index (κ2) is 24.2. The molecule has 0 spiro atoms. The standard InChI is InChI=1S/C30H60N2O4/c1-7-11-15-19-23-31(24-20-16-12-8-2)29(33)27(35-5)28(36-6)30(34)32(25-21-17-13-9-3)26-22-18-14-10-4/h27-28H,7-26H2,1-6H3/t27-,28-/m1/s1. The van der Waals surface area contributed by atoms with Crippen LogP contribution in [0.25, 0.3) is 0 Å². The summed E-state index contributed by atoms with van der Waals surface area (Å²) in [5.41, 5.74) is 0. The first-order valence-corrected chi connectivity index (χ1v) is 15.1. The number of carbonyl (C=O) groups excluding carboxylic acids is 2.